The highest BCUT2D eigenvalue weighted by Gasteiger charge is 2.47. The molecule has 4 rings (SSSR count). The van der Waals surface area contributed by atoms with Gasteiger partial charge in [0.25, 0.3) is 0 Å². The number of rotatable bonds is 10. The van der Waals surface area contributed by atoms with Crippen LogP contribution >= 0.6 is 0 Å². The average Bonchev–Trinajstić information content (AvgIpc) is 3.90. The maximum absolute atomic E-state index is 13.6. The van der Waals surface area contributed by atoms with Crippen LogP contribution in [0.5, 0.6) is 0 Å². The lowest BCUT2D eigenvalue weighted by atomic mass is 9.87. The maximum atomic E-state index is 13.6. The molecule has 0 unspecified atom stereocenters. The molecule has 296 valence electrons. The first-order chi connectivity index (χ1) is 24.4. The van der Waals surface area contributed by atoms with E-state index < -0.39 is 35.6 Å². The minimum Gasteiger partial charge on any atom is -0.457 e. The molecule has 52 heavy (non-hydrogen) atoms. The van der Waals surface area contributed by atoms with E-state index in [0.717, 1.165) is 23.1 Å². The fourth-order valence-corrected chi connectivity index (χ4v) is 8.51. The summed E-state index contributed by atoms with van der Waals surface area (Å²) in [5, 5.41) is 33.0. The van der Waals surface area contributed by atoms with E-state index in [9.17, 15) is 24.9 Å². The molecule has 1 amide bonds. The summed E-state index contributed by atoms with van der Waals surface area (Å²) in [4.78, 5) is 28.5. The van der Waals surface area contributed by atoms with Crippen molar-refractivity contribution in [1.29, 1.82) is 0 Å². The lowest BCUT2D eigenvalue weighted by Gasteiger charge is -2.47. The molecule has 4 aliphatic rings. The molecule has 3 fully saturated rings. The van der Waals surface area contributed by atoms with Gasteiger partial charge < -0.3 is 34.0 Å². The van der Waals surface area contributed by atoms with Gasteiger partial charge in [0.05, 0.1) is 63.2 Å². The van der Waals surface area contributed by atoms with Gasteiger partial charge in [-0.25, -0.2) is 4.79 Å². The zero-order chi connectivity index (χ0) is 38.3. The first kappa shape index (κ1) is 42.5. The monoisotopic (exact) mass is 732 g/mol. The molecule has 1 aliphatic carbocycles. The summed E-state index contributed by atoms with van der Waals surface area (Å²) in [5.41, 5.74) is -1.65. The lowest BCUT2D eigenvalue weighted by molar-refractivity contribution is -0.937. The van der Waals surface area contributed by atoms with Crippen LogP contribution in [0.3, 0.4) is 0 Å². The van der Waals surface area contributed by atoms with Crippen molar-refractivity contribution in [2.24, 2.45) is 17.8 Å². The highest BCUT2D eigenvalue weighted by atomic mass is 16.6. The number of ether oxygens (including phenoxy) is 3. The summed E-state index contributed by atoms with van der Waals surface area (Å²) in [6.45, 7) is 16.3. The molecule has 10 nitrogen and oxygen atoms in total. The van der Waals surface area contributed by atoms with E-state index in [1.54, 1.807) is 37.0 Å². The summed E-state index contributed by atoms with van der Waals surface area (Å²) in [6.07, 6.45) is 16.5. The smallest absolute Gasteiger partial charge is 0.410 e. The van der Waals surface area contributed by atoms with Crippen molar-refractivity contribution in [3.05, 3.63) is 36.0 Å². The van der Waals surface area contributed by atoms with Crippen molar-refractivity contribution in [2.75, 3.05) is 33.2 Å². The number of amides is 1. The summed E-state index contributed by atoms with van der Waals surface area (Å²) in [6, 6.07) is 0.655. The van der Waals surface area contributed by atoms with Crippen LogP contribution < -0.4 is 0 Å². The number of carbonyl (C=O) groups is 2. The summed E-state index contributed by atoms with van der Waals surface area (Å²) in [5.74, 6) is -0.622. The van der Waals surface area contributed by atoms with Crippen LogP contribution in [-0.4, -0.2) is 118 Å². The third-order valence-electron chi connectivity index (χ3n) is 12.6. The Balaban J connectivity index is 1.43. The van der Waals surface area contributed by atoms with Crippen LogP contribution in [0.2, 0.25) is 0 Å². The zero-order valence-corrected chi connectivity index (χ0v) is 33.5. The molecule has 10 atom stereocenters. The van der Waals surface area contributed by atoms with Gasteiger partial charge in [0.1, 0.15) is 11.7 Å². The van der Waals surface area contributed by atoms with Crippen molar-refractivity contribution >= 4 is 12.1 Å². The number of epoxide rings is 1. The van der Waals surface area contributed by atoms with Gasteiger partial charge in [0.15, 0.2) is 6.10 Å². The number of esters is 1. The van der Waals surface area contributed by atoms with Gasteiger partial charge in [-0.1, -0.05) is 64.8 Å². The predicted octanol–water partition coefficient (Wildman–Crippen LogP) is 6.47. The number of aliphatic hydroxyl groups is 3. The van der Waals surface area contributed by atoms with E-state index >= 15 is 0 Å². The Bertz CT molecular complexity index is 1260. The van der Waals surface area contributed by atoms with Crippen LogP contribution in [0, 0.1) is 17.8 Å². The topological polar surface area (TPSA) is 129 Å². The number of nitrogens with zero attached hydrogens (tertiary/aromatic N) is 2. The Morgan fingerprint density at radius 3 is 2.44 bits per heavy atom. The molecule has 1 saturated carbocycles. The Morgan fingerprint density at radius 1 is 1.15 bits per heavy atom. The quantitative estimate of drug-likeness (QED) is 0.0583. The fraction of sp³-hybridized carbons (Fsp3) is 0.810. The largest absolute Gasteiger partial charge is 0.457 e. The average molecular weight is 732 g/mol. The van der Waals surface area contributed by atoms with E-state index in [2.05, 4.69) is 7.05 Å². The molecule has 0 radical (unpaired) electrons. The van der Waals surface area contributed by atoms with Crippen molar-refractivity contribution < 1.29 is 43.6 Å². The standard InChI is InChI=1S/C42H71N2O8/c1-9-34(45)32(5)39-35(50-39)28-41(6,48)21-14-15-30(3)38-31(4)18-19-36(42(7,49)22-20-29(2)27-37(46)52-38)51-40(47)43-23-25-44(8,26-24-43)33-16-12-10-11-13-17-33/h14-15,18-19,21,29,31-36,38-39,45,48-49H,9-13,16-17,20,22-28H2,1-8H3/q+1/b19-18+,21-14+,30-15+/t29-,31+,32-,34+,35-,36+,38-,39-,41+,42-/m1/s1. The molecule has 0 bridgehead atoms. The first-order valence-corrected chi connectivity index (χ1v) is 20.3. The molecule has 0 aromatic rings. The Morgan fingerprint density at radius 2 is 1.81 bits per heavy atom. The molecule has 0 aromatic carbocycles. The van der Waals surface area contributed by atoms with Gasteiger partial charge >= 0.3 is 12.1 Å². The minimum absolute atomic E-state index is 0.00728. The van der Waals surface area contributed by atoms with Gasteiger partial charge in [-0.2, -0.15) is 0 Å². The van der Waals surface area contributed by atoms with E-state index in [0.29, 0.717) is 44.8 Å². The van der Waals surface area contributed by atoms with Crippen LogP contribution in [0.4, 0.5) is 4.79 Å². The summed E-state index contributed by atoms with van der Waals surface area (Å²) in [7, 11) is 2.35. The molecule has 0 aromatic heterocycles. The third kappa shape index (κ3) is 11.9. The predicted molar refractivity (Wildman–Crippen MR) is 203 cm³/mol. The molecule has 3 N–H and O–H groups in total. The van der Waals surface area contributed by atoms with E-state index in [-0.39, 0.29) is 42.4 Å². The van der Waals surface area contributed by atoms with Gasteiger partial charge in [0.2, 0.25) is 0 Å². The summed E-state index contributed by atoms with van der Waals surface area (Å²) >= 11 is 0. The van der Waals surface area contributed by atoms with Crippen molar-refractivity contribution in [1.82, 2.24) is 4.90 Å². The molecule has 3 heterocycles. The number of carbonyl (C=O) groups excluding carboxylic acids is 2. The number of hydrogen-bond donors (Lipinski definition) is 3. The van der Waals surface area contributed by atoms with Crippen molar-refractivity contribution in [3.8, 4) is 0 Å². The highest BCUT2D eigenvalue weighted by molar-refractivity contribution is 5.70. The number of hydrogen-bond acceptors (Lipinski definition) is 8. The Kier molecular flexibility index (Phi) is 15.0. The number of quaternary nitrogens is 1. The first-order valence-electron chi connectivity index (χ1n) is 20.3. The van der Waals surface area contributed by atoms with E-state index in [1.165, 1.54) is 38.5 Å². The number of likely N-dealkylation sites (N-methyl/N-ethyl adjacent to an activating group) is 1. The number of piperazine rings is 1. The Labute approximate surface area is 313 Å². The van der Waals surface area contributed by atoms with E-state index in [1.807, 2.05) is 46.8 Å². The van der Waals surface area contributed by atoms with Gasteiger partial charge in [-0.3, -0.25) is 9.69 Å². The lowest BCUT2D eigenvalue weighted by Crippen LogP contribution is -2.62. The summed E-state index contributed by atoms with van der Waals surface area (Å²) < 4.78 is 19.0. The maximum Gasteiger partial charge on any atom is 0.410 e. The fourth-order valence-electron chi connectivity index (χ4n) is 8.51. The van der Waals surface area contributed by atoms with Crippen LogP contribution in [0.1, 0.15) is 119 Å². The van der Waals surface area contributed by atoms with Gasteiger partial charge in [-0.15, -0.1) is 0 Å². The molecule has 10 heteroatoms. The van der Waals surface area contributed by atoms with Crippen LogP contribution in [0.15, 0.2) is 36.0 Å². The molecular weight excluding hydrogens is 660 g/mol. The second-order valence-electron chi connectivity index (χ2n) is 17.5. The minimum atomic E-state index is -1.32. The van der Waals surface area contributed by atoms with Crippen LogP contribution in [-0.2, 0) is 19.0 Å². The van der Waals surface area contributed by atoms with Crippen molar-refractivity contribution in [3.63, 3.8) is 0 Å². The number of allylic oxidation sites excluding steroid dienone is 2. The second kappa shape index (κ2) is 18.4. The molecular formula is C42H71N2O8+. The van der Waals surface area contributed by atoms with E-state index in [4.69, 9.17) is 14.2 Å². The molecule has 3 aliphatic heterocycles. The zero-order valence-electron chi connectivity index (χ0n) is 33.5. The van der Waals surface area contributed by atoms with Gasteiger partial charge in [0, 0.05) is 24.7 Å². The third-order valence-corrected chi connectivity index (χ3v) is 12.6. The second-order valence-corrected chi connectivity index (χ2v) is 17.5. The van der Waals surface area contributed by atoms with Crippen LogP contribution in [0.25, 0.3) is 0 Å². The Hall–Kier alpha value is -2.24. The molecule has 2 saturated heterocycles. The normalized spacial score (nSPS) is 35.6. The van der Waals surface area contributed by atoms with Crippen molar-refractivity contribution in [2.45, 2.75) is 167 Å². The number of aliphatic hydroxyl groups excluding tert-OH is 1. The number of cyclic esters (lactones) is 1. The SMILES string of the molecule is CC[C@H](O)[C@@H](C)[C@H]1O[C@@H]1C[C@@](C)(O)/C=C/C=C(\C)[C@H]1OC(=O)C[C@H](C)CC[C@@](C)(O)[C@@H](OC(=O)N2CC[N+](C)(C3CCCCCC3)CC2)/C=C/[C@@H]1C. The highest BCUT2D eigenvalue weighted by Crippen LogP contribution is 2.38. The van der Waals surface area contributed by atoms with Gasteiger partial charge in [-0.05, 0) is 83.3 Å². The molecule has 0 spiro atoms.